The number of phenols is 1. The predicted octanol–water partition coefficient (Wildman–Crippen LogP) is -7.12. The van der Waals surface area contributed by atoms with Gasteiger partial charge in [-0.3, -0.25) is 33.6 Å². The Hall–Kier alpha value is -5.01. The van der Waals surface area contributed by atoms with Crippen molar-refractivity contribution in [1.29, 1.82) is 0 Å². The highest BCUT2D eigenvalue weighted by Gasteiger charge is 2.50. The molecule has 3 aliphatic heterocycles. The summed E-state index contributed by atoms with van der Waals surface area (Å²) < 4.78 is 0. The molecule has 4 rings (SSSR count). The molecule has 7 amide bonds. The van der Waals surface area contributed by atoms with Gasteiger partial charge in [0, 0.05) is 38.8 Å². The van der Waals surface area contributed by atoms with E-state index in [1.807, 2.05) is 5.32 Å². The van der Waals surface area contributed by atoms with Crippen molar-refractivity contribution in [1.82, 2.24) is 36.4 Å². The largest absolute Gasteiger partial charge is 0.508 e. The van der Waals surface area contributed by atoms with Gasteiger partial charge in [-0.1, -0.05) is 19.1 Å². The van der Waals surface area contributed by atoms with E-state index in [4.69, 9.17) is 0 Å². The molecule has 0 saturated carbocycles. The minimum absolute atomic E-state index is 0.0646. The lowest BCUT2D eigenvalue weighted by molar-refractivity contribution is -0.148. The molecule has 3 saturated heterocycles. The maximum absolute atomic E-state index is 14.1. The van der Waals surface area contributed by atoms with Crippen LogP contribution in [0.1, 0.15) is 52.2 Å². The molecule has 3 fully saturated rings. The second-order valence-electron chi connectivity index (χ2n) is 15.3. The summed E-state index contributed by atoms with van der Waals surface area (Å²) >= 11 is 0. The zero-order valence-corrected chi connectivity index (χ0v) is 32.6. The number of aromatic hydroxyl groups is 1. The summed E-state index contributed by atoms with van der Waals surface area (Å²) in [6.07, 6.45) is -16.3. The maximum atomic E-state index is 14.1. The van der Waals surface area contributed by atoms with Crippen molar-refractivity contribution in [2.75, 3.05) is 13.1 Å². The quantitative estimate of drug-likeness (QED) is 0.127. The molecule has 23 nitrogen and oxygen atoms in total. The predicted molar refractivity (Wildman–Crippen MR) is 197 cm³/mol. The van der Waals surface area contributed by atoms with Crippen molar-refractivity contribution < 1.29 is 79.5 Å². The van der Waals surface area contributed by atoms with Crippen LogP contribution in [0.5, 0.6) is 5.75 Å². The number of aliphatic hydroxyl groups excluding tert-OH is 8. The van der Waals surface area contributed by atoms with Crippen molar-refractivity contribution in [3.8, 4) is 5.75 Å². The Morgan fingerprint density at radius 1 is 0.729 bits per heavy atom. The van der Waals surface area contributed by atoms with Crippen LogP contribution < -0.4 is 26.6 Å². The van der Waals surface area contributed by atoms with Crippen LogP contribution in [0, 0.1) is 5.92 Å². The van der Waals surface area contributed by atoms with Crippen molar-refractivity contribution in [3.63, 3.8) is 0 Å². The highest BCUT2D eigenvalue weighted by atomic mass is 16.3. The highest BCUT2D eigenvalue weighted by Crippen LogP contribution is 2.27. The Morgan fingerprint density at radius 2 is 1.27 bits per heavy atom. The molecule has 1 aromatic carbocycles. The number of hydrogen-bond acceptors (Lipinski definition) is 16. The number of hydrogen-bond donors (Lipinski definition) is 14. The van der Waals surface area contributed by atoms with Crippen LogP contribution in [0.4, 0.5) is 0 Å². The summed E-state index contributed by atoms with van der Waals surface area (Å²) in [5.74, 6) is -9.20. The number of carbonyl (C=O) groups excluding carboxylic acids is 7. The Bertz CT molecular complexity index is 1730. The monoisotopic (exact) mass is 839 g/mol. The van der Waals surface area contributed by atoms with E-state index < -0.39 is 152 Å². The molecule has 23 heteroatoms. The van der Waals surface area contributed by atoms with Gasteiger partial charge in [0.15, 0.2) is 6.23 Å². The molecule has 3 aliphatic rings. The van der Waals surface area contributed by atoms with E-state index >= 15 is 0 Å². The second kappa shape index (κ2) is 19.4. The van der Waals surface area contributed by atoms with Crippen LogP contribution >= 0.6 is 0 Å². The Labute approximate surface area is 337 Å². The van der Waals surface area contributed by atoms with Crippen LogP contribution in [0.2, 0.25) is 0 Å². The summed E-state index contributed by atoms with van der Waals surface area (Å²) in [4.78, 5) is 96.9. The van der Waals surface area contributed by atoms with Crippen LogP contribution in [0.25, 0.3) is 0 Å². The molecule has 328 valence electrons. The maximum Gasteiger partial charge on any atom is 0.248 e. The number of aliphatic hydroxyl groups is 8. The molecule has 0 bridgehead atoms. The second-order valence-corrected chi connectivity index (χ2v) is 15.3. The van der Waals surface area contributed by atoms with Crippen LogP contribution in [0.3, 0.4) is 0 Å². The third kappa shape index (κ3) is 10.8. The average molecular weight is 840 g/mol. The molecule has 14 N–H and O–H groups in total. The highest BCUT2D eigenvalue weighted by molar-refractivity contribution is 5.98. The summed E-state index contributed by atoms with van der Waals surface area (Å²) in [6, 6.07) is -6.59. The lowest BCUT2D eigenvalue weighted by atomic mass is 9.96. The number of phenolic OH excluding ortho intramolecular Hbond substituents is 1. The third-order valence-electron chi connectivity index (χ3n) is 10.5. The summed E-state index contributed by atoms with van der Waals surface area (Å²) in [7, 11) is 0. The fraction of sp³-hybridized carbons (Fsp3) is 0.639. The fourth-order valence-electron chi connectivity index (χ4n) is 7.27. The van der Waals surface area contributed by atoms with E-state index in [9.17, 15) is 79.5 Å². The van der Waals surface area contributed by atoms with Crippen molar-refractivity contribution >= 4 is 41.4 Å². The molecular formula is C36H53N7O16. The van der Waals surface area contributed by atoms with E-state index in [0.717, 1.165) is 42.7 Å². The zero-order valence-electron chi connectivity index (χ0n) is 32.6. The average Bonchev–Trinajstić information content (AvgIpc) is 3.70. The normalized spacial score (nSPS) is 33.9. The van der Waals surface area contributed by atoms with Gasteiger partial charge >= 0.3 is 0 Å². The van der Waals surface area contributed by atoms with Gasteiger partial charge in [0.1, 0.15) is 60.3 Å². The molecule has 0 aliphatic carbocycles. The first-order valence-electron chi connectivity index (χ1n) is 18.9. The summed E-state index contributed by atoms with van der Waals surface area (Å²) in [5, 5.41) is 108. The van der Waals surface area contributed by atoms with Crippen molar-refractivity contribution in [2.24, 2.45) is 5.92 Å². The number of fused-ring (bicyclic) bond motifs is 2. The molecule has 0 spiro atoms. The van der Waals surface area contributed by atoms with Crippen LogP contribution in [-0.4, -0.2) is 189 Å². The van der Waals surface area contributed by atoms with Gasteiger partial charge in [0.2, 0.25) is 41.4 Å². The minimum atomic E-state index is -2.26. The number of nitrogens with zero attached hydrogens (tertiary/aromatic N) is 2. The number of rotatable bonds is 6. The minimum Gasteiger partial charge on any atom is -0.508 e. The Kier molecular flexibility index (Phi) is 15.3. The fourth-order valence-corrected chi connectivity index (χ4v) is 7.27. The van der Waals surface area contributed by atoms with Gasteiger partial charge in [-0.15, -0.1) is 0 Å². The van der Waals surface area contributed by atoms with Gasteiger partial charge in [-0.2, -0.15) is 0 Å². The van der Waals surface area contributed by atoms with Crippen LogP contribution in [0.15, 0.2) is 24.3 Å². The lowest BCUT2D eigenvalue weighted by Gasteiger charge is -2.34. The lowest BCUT2D eigenvalue weighted by Crippen LogP contribution is -2.64. The smallest absolute Gasteiger partial charge is 0.248 e. The van der Waals surface area contributed by atoms with Gasteiger partial charge in [-0.25, -0.2) is 0 Å². The van der Waals surface area contributed by atoms with Gasteiger partial charge < -0.3 is 82.3 Å². The number of benzene rings is 1. The van der Waals surface area contributed by atoms with E-state index in [2.05, 4.69) is 21.3 Å². The molecular weight excluding hydrogens is 786 g/mol. The molecule has 3 heterocycles. The number of nitrogens with one attached hydrogen (secondary N) is 5. The van der Waals surface area contributed by atoms with E-state index in [1.54, 1.807) is 0 Å². The first kappa shape index (κ1) is 46.7. The Morgan fingerprint density at radius 3 is 1.83 bits per heavy atom. The van der Waals surface area contributed by atoms with Gasteiger partial charge in [0.05, 0.1) is 24.4 Å². The molecule has 0 radical (unpaired) electrons. The zero-order chi connectivity index (χ0) is 44.2. The summed E-state index contributed by atoms with van der Waals surface area (Å²) in [5.41, 5.74) is -0.0646. The molecule has 59 heavy (non-hydrogen) atoms. The van der Waals surface area contributed by atoms with Crippen molar-refractivity contribution in [2.45, 2.75) is 126 Å². The van der Waals surface area contributed by atoms with Crippen molar-refractivity contribution in [3.05, 3.63) is 29.8 Å². The van der Waals surface area contributed by atoms with Crippen LogP contribution in [-0.2, 0) is 33.6 Å². The molecule has 15 atom stereocenters. The van der Waals surface area contributed by atoms with Gasteiger partial charge in [0.25, 0.3) is 0 Å². The SMILES string of the molecule is CC(=O)N[C@@H]1C[C@@H](O)[C@@H](O)NC(=O)[C@@H]2[C@@H](O)[C@@H](C)CN2C(=O)[C@H]([C@@H](C)O)NC(=O)[C@H]([C@H](O)[C@@H](O)c2ccc(O)cc2)NC(=O)[C@@H]2C[C@@H](O)CN2C(=O)[C@H]([C@@H](C)O)NC1=O. The first-order valence-corrected chi connectivity index (χ1v) is 18.9. The molecule has 0 unspecified atom stereocenters. The number of carbonyl (C=O) groups is 7. The van der Waals surface area contributed by atoms with E-state index in [0.29, 0.717) is 0 Å². The third-order valence-corrected chi connectivity index (χ3v) is 10.5. The molecule has 0 aromatic heterocycles. The van der Waals surface area contributed by atoms with E-state index in [1.165, 1.54) is 19.1 Å². The molecule has 1 aromatic rings. The standard InChI is InChI=1S/C36H53N7O16/c1-13-11-43-26(27(13)50)34(57)41-32(55)22(49)10-20(37-16(4)46)30(53)38-23(14(2)44)35(58)42-12-19(48)9-21(42)31(54)40-25(33(56)39-24(15(3)45)36(43)59)29(52)28(51)17-5-7-18(47)8-6-17/h5-8,13-15,19-29,32,44-45,47-52,55H,9-12H2,1-4H3,(H,37,46)(H,38,53)(H,39,56)(H,40,54)(H,41,57)/t13-,14+,15+,19+,20+,21-,22+,23-,24-,25-,26-,27-,28-,29-,32+/m0/s1. The first-order chi connectivity index (χ1) is 27.5. The topological polar surface area (TPSA) is 368 Å². The summed E-state index contributed by atoms with van der Waals surface area (Å²) in [6.45, 7) is 3.74. The van der Waals surface area contributed by atoms with E-state index in [-0.39, 0.29) is 17.9 Å². The number of amides is 7. The van der Waals surface area contributed by atoms with Gasteiger partial charge in [-0.05, 0) is 31.5 Å². The Balaban J connectivity index is 1.83.